The molecule has 4 nitrogen and oxygen atoms in total. The number of halogens is 1. The molecule has 1 atom stereocenters. The van der Waals surface area contributed by atoms with Gasteiger partial charge in [0.25, 0.3) is 5.91 Å². The number of hydrogen-bond acceptors (Lipinski definition) is 3. The first kappa shape index (κ1) is 16.3. The van der Waals surface area contributed by atoms with Gasteiger partial charge in [-0.05, 0) is 49.6 Å². The second-order valence-corrected chi connectivity index (χ2v) is 7.43. The molecule has 3 heterocycles. The summed E-state index contributed by atoms with van der Waals surface area (Å²) in [6.45, 7) is 4.54. The van der Waals surface area contributed by atoms with Crippen molar-refractivity contribution >= 4 is 5.91 Å². The van der Waals surface area contributed by atoms with Crippen LogP contribution in [0.3, 0.4) is 0 Å². The van der Waals surface area contributed by atoms with E-state index in [2.05, 4.69) is 4.90 Å². The van der Waals surface area contributed by atoms with Crippen molar-refractivity contribution in [3.8, 4) is 0 Å². The van der Waals surface area contributed by atoms with Crippen molar-refractivity contribution < 1.29 is 13.6 Å². The van der Waals surface area contributed by atoms with Gasteiger partial charge in [-0.15, -0.1) is 0 Å². The van der Waals surface area contributed by atoms with Gasteiger partial charge >= 0.3 is 0 Å². The van der Waals surface area contributed by atoms with Gasteiger partial charge in [0.15, 0.2) is 0 Å². The van der Waals surface area contributed by atoms with Gasteiger partial charge in [-0.1, -0.05) is 12.1 Å². The van der Waals surface area contributed by atoms with Crippen LogP contribution in [0.15, 0.2) is 47.3 Å². The van der Waals surface area contributed by atoms with E-state index < -0.39 is 0 Å². The Hall–Kier alpha value is -2.14. The number of furan rings is 1. The second-order valence-electron chi connectivity index (χ2n) is 7.43. The van der Waals surface area contributed by atoms with Gasteiger partial charge in [0.05, 0.1) is 11.8 Å². The Labute approximate surface area is 147 Å². The highest BCUT2D eigenvalue weighted by atomic mass is 19.1. The maximum Gasteiger partial charge on any atom is 0.257 e. The van der Waals surface area contributed by atoms with Crippen LogP contribution in [0.25, 0.3) is 0 Å². The zero-order valence-corrected chi connectivity index (χ0v) is 14.3. The number of hydrogen-bond donors (Lipinski definition) is 0. The molecule has 2 aliphatic heterocycles. The van der Waals surface area contributed by atoms with Crippen molar-refractivity contribution in [1.29, 1.82) is 0 Å². The SMILES string of the molecule is O=C(c1ccoc1)N1CC[C@@]2(CCCN(Cc3ccc(F)cc3)C2)C1. The molecule has 2 saturated heterocycles. The molecule has 5 heteroatoms. The molecule has 0 aliphatic carbocycles. The van der Waals surface area contributed by atoms with Crippen LogP contribution < -0.4 is 0 Å². The first-order valence-electron chi connectivity index (χ1n) is 8.92. The molecule has 25 heavy (non-hydrogen) atoms. The highest BCUT2D eigenvalue weighted by molar-refractivity contribution is 5.94. The minimum absolute atomic E-state index is 0.0706. The highest BCUT2D eigenvalue weighted by Gasteiger charge is 2.42. The predicted molar refractivity (Wildman–Crippen MR) is 92.6 cm³/mol. The lowest BCUT2D eigenvalue weighted by atomic mass is 9.79. The number of benzene rings is 1. The summed E-state index contributed by atoms with van der Waals surface area (Å²) in [5.41, 5.74) is 1.97. The van der Waals surface area contributed by atoms with Crippen molar-refractivity contribution in [1.82, 2.24) is 9.80 Å². The van der Waals surface area contributed by atoms with E-state index in [1.807, 2.05) is 17.0 Å². The van der Waals surface area contributed by atoms with Gasteiger partial charge in [0.2, 0.25) is 0 Å². The number of carbonyl (C=O) groups excluding carboxylic acids is 1. The van der Waals surface area contributed by atoms with E-state index >= 15 is 0 Å². The Morgan fingerprint density at radius 3 is 2.72 bits per heavy atom. The normalized spacial score (nSPS) is 24.1. The van der Waals surface area contributed by atoms with Gasteiger partial charge in [0.1, 0.15) is 12.1 Å². The summed E-state index contributed by atoms with van der Waals surface area (Å²) >= 11 is 0. The molecule has 1 aromatic carbocycles. The second kappa shape index (κ2) is 6.64. The van der Waals surface area contributed by atoms with Crippen molar-refractivity contribution in [3.05, 3.63) is 59.8 Å². The number of likely N-dealkylation sites (tertiary alicyclic amines) is 2. The zero-order valence-electron chi connectivity index (χ0n) is 14.3. The summed E-state index contributed by atoms with van der Waals surface area (Å²) in [5.74, 6) is -0.121. The summed E-state index contributed by atoms with van der Waals surface area (Å²) in [4.78, 5) is 17.0. The van der Waals surface area contributed by atoms with Crippen LogP contribution >= 0.6 is 0 Å². The van der Waals surface area contributed by atoms with E-state index in [9.17, 15) is 9.18 Å². The number of carbonyl (C=O) groups is 1. The van der Waals surface area contributed by atoms with E-state index in [4.69, 9.17) is 4.42 Å². The van der Waals surface area contributed by atoms with Crippen LogP contribution in [0, 0.1) is 11.2 Å². The molecular formula is C20H23FN2O2. The summed E-state index contributed by atoms with van der Waals surface area (Å²) in [5, 5.41) is 0. The third-order valence-electron chi connectivity index (χ3n) is 5.55. The molecule has 0 N–H and O–H groups in total. The molecule has 4 rings (SSSR count). The molecule has 0 bridgehead atoms. The summed E-state index contributed by atoms with van der Waals surface area (Å²) in [6, 6.07) is 8.50. The summed E-state index contributed by atoms with van der Waals surface area (Å²) in [6.07, 6.45) is 6.44. The molecular weight excluding hydrogens is 319 g/mol. The molecule has 0 radical (unpaired) electrons. The van der Waals surface area contributed by atoms with Crippen molar-refractivity contribution in [3.63, 3.8) is 0 Å². The van der Waals surface area contributed by atoms with Gasteiger partial charge in [-0.3, -0.25) is 9.69 Å². The fourth-order valence-electron chi connectivity index (χ4n) is 4.30. The highest BCUT2D eigenvalue weighted by Crippen LogP contribution is 2.39. The van der Waals surface area contributed by atoms with Crippen LogP contribution in [0.1, 0.15) is 35.2 Å². The van der Waals surface area contributed by atoms with E-state index in [0.717, 1.165) is 51.1 Å². The molecule has 0 unspecified atom stereocenters. The molecule has 2 fully saturated rings. The van der Waals surface area contributed by atoms with E-state index in [0.29, 0.717) is 5.56 Å². The quantitative estimate of drug-likeness (QED) is 0.856. The van der Waals surface area contributed by atoms with E-state index in [1.54, 1.807) is 12.3 Å². The van der Waals surface area contributed by atoms with Crippen molar-refractivity contribution in [2.75, 3.05) is 26.2 Å². The standard InChI is InChI=1S/C20H23FN2O2/c21-18-4-2-16(3-5-18)12-22-9-1-7-20(14-22)8-10-23(15-20)19(24)17-6-11-25-13-17/h2-6,11,13H,1,7-10,12,14-15H2/t20-/m1/s1. The lowest BCUT2D eigenvalue weighted by Gasteiger charge is -2.40. The fourth-order valence-corrected chi connectivity index (χ4v) is 4.30. The third kappa shape index (κ3) is 3.47. The lowest BCUT2D eigenvalue weighted by molar-refractivity contribution is 0.0675. The molecule has 1 amide bonds. The maximum absolute atomic E-state index is 13.1. The maximum atomic E-state index is 13.1. The molecule has 2 aromatic rings. The summed E-state index contributed by atoms with van der Waals surface area (Å²) < 4.78 is 18.1. The average molecular weight is 342 g/mol. The largest absolute Gasteiger partial charge is 0.472 e. The smallest absolute Gasteiger partial charge is 0.257 e. The molecule has 1 aromatic heterocycles. The first-order valence-corrected chi connectivity index (χ1v) is 8.92. The Kier molecular flexibility index (Phi) is 4.34. The van der Waals surface area contributed by atoms with Crippen LogP contribution in [-0.2, 0) is 6.54 Å². The number of nitrogens with zero attached hydrogens (tertiary/aromatic N) is 2. The number of piperidine rings is 1. The molecule has 2 aliphatic rings. The fraction of sp³-hybridized carbons (Fsp3) is 0.450. The monoisotopic (exact) mass is 342 g/mol. The molecule has 0 saturated carbocycles. The number of amides is 1. The van der Waals surface area contributed by atoms with Crippen molar-refractivity contribution in [2.24, 2.45) is 5.41 Å². The predicted octanol–water partition coefficient (Wildman–Crippen LogP) is 3.55. The topological polar surface area (TPSA) is 36.7 Å². The van der Waals surface area contributed by atoms with Crippen LogP contribution in [0.4, 0.5) is 4.39 Å². The van der Waals surface area contributed by atoms with Gasteiger partial charge < -0.3 is 9.32 Å². The zero-order chi connectivity index (χ0) is 17.3. The minimum atomic E-state index is -0.192. The Balaban J connectivity index is 1.40. The Morgan fingerprint density at radius 1 is 1.12 bits per heavy atom. The number of rotatable bonds is 3. The Morgan fingerprint density at radius 2 is 1.96 bits per heavy atom. The van der Waals surface area contributed by atoms with Gasteiger partial charge in [-0.2, -0.15) is 0 Å². The third-order valence-corrected chi connectivity index (χ3v) is 5.55. The van der Waals surface area contributed by atoms with Crippen LogP contribution in [0.2, 0.25) is 0 Å². The average Bonchev–Trinajstić information content (AvgIpc) is 3.27. The van der Waals surface area contributed by atoms with Crippen LogP contribution in [0.5, 0.6) is 0 Å². The van der Waals surface area contributed by atoms with E-state index in [-0.39, 0.29) is 17.1 Å². The molecule has 1 spiro atoms. The Bertz CT molecular complexity index is 729. The van der Waals surface area contributed by atoms with Crippen molar-refractivity contribution in [2.45, 2.75) is 25.8 Å². The lowest BCUT2D eigenvalue weighted by Crippen LogP contribution is -2.45. The summed E-state index contributed by atoms with van der Waals surface area (Å²) in [7, 11) is 0. The van der Waals surface area contributed by atoms with Gasteiger partial charge in [0, 0.05) is 31.6 Å². The first-order chi connectivity index (χ1) is 12.1. The van der Waals surface area contributed by atoms with Gasteiger partial charge in [-0.25, -0.2) is 4.39 Å². The van der Waals surface area contributed by atoms with E-state index in [1.165, 1.54) is 24.8 Å². The molecule has 132 valence electrons. The van der Waals surface area contributed by atoms with Crippen LogP contribution in [-0.4, -0.2) is 41.9 Å². The minimum Gasteiger partial charge on any atom is -0.472 e.